The molecule has 0 spiro atoms. The van der Waals surface area contributed by atoms with Gasteiger partial charge in [-0.25, -0.2) is 9.37 Å². The Morgan fingerprint density at radius 3 is 2.67 bits per heavy atom. The average molecular weight is 308 g/mol. The summed E-state index contributed by atoms with van der Waals surface area (Å²) < 4.78 is 18.1. The average Bonchev–Trinajstić information content (AvgIpc) is 2.93. The summed E-state index contributed by atoms with van der Waals surface area (Å²) in [4.78, 5) is 4.55. The molecule has 0 aliphatic carbocycles. The quantitative estimate of drug-likeness (QED) is 0.822. The van der Waals surface area contributed by atoms with E-state index in [0.29, 0.717) is 0 Å². The molecule has 5 heteroatoms. The van der Waals surface area contributed by atoms with E-state index in [4.69, 9.17) is 4.74 Å². The molecule has 0 amide bonds. The molecule has 1 aromatic heterocycles. The third kappa shape index (κ3) is 4.79. The summed E-state index contributed by atoms with van der Waals surface area (Å²) in [5, 5.41) is 6.25. The first-order valence-corrected chi connectivity index (χ1v) is 7.82. The van der Waals surface area contributed by atoms with Crippen LogP contribution in [0.15, 0.2) is 29.6 Å². The van der Waals surface area contributed by atoms with Crippen molar-refractivity contribution < 1.29 is 9.13 Å². The molecule has 114 valence electrons. The topological polar surface area (TPSA) is 34.1 Å². The van der Waals surface area contributed by atoms with Crippen molar-refractivity contribution in [1.29, 1.82) is 0 Å². The van der Waals surface area contributed by atoms with E-state index in [1.807, 2.05) is 5.38 Å². The van der Waals surface area contributed by atoms with E-state index in [-0.39, 0.29) is 11.2 Å². The molecule has 0 atom stereocenters. The maximum atomic E-state index is 12.9. The largest absolute Gasteiger partial charge is 0.385 e. The molecule has 0 radical (unpaired) electrons. The van der Waals surface area contributed by atoms with Crippen molar-refractivity contribution in [2.45, 2.75) is 20.3 Å². The van der Waals surface area contributed by atoms with Gasteiger partial charge < -0.3 is 10.1 Å². The number of hydrogen-bond acceptors (Lipinski definition) is 4. The number of anilines is 1. The van der Waals surface area contributed by atoms with E-state index in [9.17, 15) is 4.39 Å². The number of nitrogens with zero attached hydrogens (tertiary/aromatic N) is 1. The lowest BCUT2D eigenvalue weighted by Crippen LogP contribution is -2.24. The Bertz CT molecular complexity index is 566. The van der Waals surface area contributed by atoms with Crippen molar-refractivity contribution in [1.82, 2.24) is 4.98 Å². The normalized spacial score (nSPS) is 11.6. The maximum Gasteiger partial charge on any atom is 0.183 e. The fourth-order valence-electron chi connectivity index (χ4n) is 1.89. The van der Waals surface area contributed by atoms with Crippen LogP contribution in [0.3, 0.4) is 0 Å². The molecule has 1 heterocycles. The smallest absolute Gasteiger partial charge is 0.183 e. The van der Waals surface area contributed by atoms with Crippen LogP contribution in [0.1, 0.15) is 20.3 Å². The van der Waals surface area contributed by atoms with Gasteiger partial charge in [-0.05, 0) is 36.1 Å². The Kier molecular flexibility index (Phi) is 5.31. The van der Waals surface area contributed by atoms with Crippen molar-refractivity contribution in [2.24, 2.45) is 5.41 Å². The molecule has 0 fully saturated rings. The third-order valence-electron chi connectivity index (χ3n) is 3.35. The third-order valence-corrected chi connectivity index (χ3v) is 4.15. The van der Waals surface area contributed by atoms with Gasteiger partial charge in [-0.15, -0.1) is 11.3 Å². The highest BCUT2D eigenvalue weighted by Crippen LogP contribution is 2.27. The minimum absolute atomic E-state index is 0.151. The van der Waals surface area contributed by atoms with Crippen molar-refractivity contribution in [3.63, 3.8) is 0 Å². The molecule has 0 bridgehead atoms. The SMILES string of the molecule is COCCC(C)(C)CNc1nc(-c2ccc(F)cc2)cs1. The first kappa shape index (κ1) is 15.9. The lowest BCUT2D eigenvalue weighted by Gasteiger charge is -2.24. The summed E-state index contributed by atoms with van der Waals surface area (Å²) in [6.45, 7) is 6.00. The van der Waals surface area contributed by atoms with E-state index < -0.39 is 0 Å². The van der Waals surface area contributed by atoms with Crippen LogP contribution in [0, 0.1) is 11.2 Å². The van der Waals surface area contributed by atoms with Crippen LogP contribution in [0.25, 0.3) is 11.3 Å². The molecule has 21 heavy (non-hydrogen) atoms. The van der Waals surface area contributed by atoms with Crippen molar-refractivity contribution >= 4 is 16.5 Å². The molecular weight excluding hydrogens is 287 g/mol. The van der Waals surface area contributed by atoms with Gasteiger partial charge in [-0.3, -0.25) is 0 Å². The van der Waals surface area contributed by atoms with Gasteiger partial charge in [0.05, 0.1) is 5.69 Å². The molecule has 2 aromatic rings. The number of rotatable bonds is 7. The monoisotopic (exact) mass is 308 g/mol. The van der Waals surface area contributed by atoms with Gasteiger partial charge >= 0.3 is 0 Å². The number of hydrogen-bond donors (Lipinski definition) is 1. The van der Waals surface area contributed by atoms with E-state index in [0.717, 1.165) is 36.0 Å². The first-order valence-electron chi connectivity index (χ1n) is 6.94. The highest BCUT2D eigenvalue weighted by molar-refractivity contribution is 7.14. The minimum atomic E-state index is -0.229. The van der Waals surface area contributed by atoms with Gasteiger partial charge in [0.15, 0.2) is 5.13 Å². The summed E-state index contributed by atoms with van der Waals surface area (Å²) in [5.74, 6) is -0.229. The van der Waals surface area contributed by atoms with Gasteiger partial charge in [-0.1, -0.05) is 13.8 Å². The predicted octanol–water partition coefficient (Wildman–Crippen LogP) is 4.42. The zero-order chi connectivity index (χ0) is 15.3. The fourth-order valence-corrected chi connectivity index (χ4v) is 2.61. The summed E-state index contributed by atoms with van der Waals surface area (Å²) >= 11 is 1.57. The van der Waals surface area contributed by atoms with Crippen LogP contribution in [0.5, 0.6) is 0 Å². The first-order chi connectivity index (χ1) is 10.00. The van der Waals surface area contributed by atoms with E-state index in [1.54, 1.807) is 30.6 Å². The van der Waals surface area contributed by atoms with Gasteiger partial charge in [0.2, 0.25) is 0 Å². The summed E-state index contributed by atoms with van der Waals surface area (Å²) in [7, 11) is 1.72. The molecule has 0 saturated carbocycles. The lowest BCUT2D eigenvalue weighted by atomic mass is 9.90. The minimum Gasteiger partial charge on any atom is -0.385 e. The van der Waals surface area contributed by atoms with Gasteiger partial charge in [0.1, 0.15) is 5.82 Å². The van der Waals surface area contributed by atoms with Gasteiger partial charge in [-0.2, -0.15) is 0 Å². The number of methoxy groups -OCH3 is 1. The number of benzene rings is 1. The number of aromatic nitrogens is 1. The highest BCUT2D eigenvalue weighted by atomic mass is 32.1. The summed E-state index contributed by atoms with van der Waals surface area (Å²) in [6, 6.07) is 6.40. The maximum absolute atomic E-state index is 12.9. The molecule has 0 aliphatic rings. The number of halogens is 1. The Hall–Kier alpha value is -1.46. The van der Waals surface area contributed by atoms with Crippen LogP contribution in [0.4, 0.5) is 9.52 Å². The van der Waals surface area contributed by atoms with E-state index in [1.165, 1.54) is 12.1 Å². The van der Waals surface area contributed by atoms with E-state index in [2.05, 4.69) is 24.1 Å². The van der Waals surface area contributed by atoms with Crippen LogP contribution in [-0.2, 0) is 4.74 Å². The van der Waals surface area contributed by atoms with Crippen molar-refractivity contribution in [2.75, 3.05) is 25.6 Å². The second-order valence-corrected chi connectivity index (χ2v) is 6.66. The predicted molar refractivity (Wildman–Crippen MR) is 86.3 cm³/mol. The van der Waals surface area contributed by atoms with E-state index >= 15 is 0 Å². The van der Waals surface area contributed by atoms with Crippen LogP contribution in [0.2, 0.25) is 0 Å². The van der Waals surface area contributed by atoms with Gasteiger partial charge in [0.25, 0.3) is 0 Å². The molecule has 3 nitrogen and oxygen atoms in total. The van der Waals surface area contributed by atoms with Crippen molar-refractivity contribution in [3.8, 4) is 11.3 Å². The second kappa shape index (κ2) is 7.00. The summed E-state index contributed by atoms with van der Waals surface area (Å²) in [5.41, 5.74) is 1.95. The molecular formula is C16H21FN2OS. The molecule has 2 rings (SSSR count). The van der Waals surface area contributed by atoms with Crippen LogP contribution < -0.4 is 5.32 Å². The van der Waals surface area contributed by atoms with Crippen molar-refractivity contribution in [3.05, 3.63) is 35.5 Å². The Morgan fingerprint density at radius 1 is 1.29 bits per heavy atom. The number of nitrogens with one attached hydrogen (secondary N) is 1. The molecule has 0 aliphatic heterocycles. The molecule has 1 aromatic carbocycles. The highest BCUT2D eigenvalue weighted by Gasteiger charge is 2.18. The summed E-state index contributed by atoms with van der Waals surface area (Å²) in [6.07, 6.45) is 0.993. The number of ether oxygens (including phenoxy) is 1. The number of thiazole rings is 1. The van der Waals surface area contributed by atoms with Crippen LogP contribution >= 0.6 is 11.3 Å². The Morgan fingerprint density at radius 2 is 2.00 bits per heavy atom. The molecule has 0 saturated heterocycles. The molecule has 1 N–H and O–H groups in total. The lowest BCUT2D eigenvalue weighted by molar-refractivity contribution is 0.157. The Labute approximate surface area is 129 Å². The zero-order valence-corrected chi connectivity index (χ0v) is 13.5. The van der Waals surface area contributed by atoms with Gasteiger partial charge in [0, 0.05) is 31.2 Å². The standard InChI is InChI=1S/C16H21FN2OS/c1-16(2,8-9-20-3)11-18-15-19-14(10-21-15)12-4-6-13(17)7-5-12/h4-7,10H,8-9,11H2,1-3H3,(H,18,19). The van der Waals surface area contributed by atoms with Crippen LogP contribution in [-0.4, -0.2) is 25.2 Å². The Balaban J connectivity index is 1.95. The molecule has 0 unspecified atom stereocenters. The zero-order valence-electron chi connectivity index (χ0n) is 12.6. The fraction of sp³-hybridized carbons (Fsp3) is 0.438. The second-order valence-electron chi connectivity index (χ2n) is 5.81.